The van der Waals surface area contributed by atoms with Crippen LogP contribution in [0, 0.1) is 16.0 Å². The number of nitro benzene ring substituents is 1. The molecule has 0 spiro atoms. The number of ether oxygens (including phenoxy) is 2. The van der Waals surface area contributed by atoms with Crippen molar-refractivity contribution in [2.45, 2.75) is 44.5 Å². The Labute approximate surface area is 186 Å². The van der Waals surface area contributed by atoms with Crippen molar-refractivity contribution in [3.63, 3.8) is 0 Å². The quantitative estimate of drug-likeness (QED) is 0.259. The summed E-state index contributed by atoms with van der Waals surface area (Å²) in [6.45, 7) is 2.94. The molecule has 3 heterocycles. The lowest BCUT2D eigenvalue weighted by atomic mass is 9.86. The third-order valence-corrected chi connectivity index (χ3v) is 6.39. The van der Waals surface area contributed by atoms with E-state index in [0.717, 1.165) is 5.71 Å². The minimum Gasteiger partial charge on any atom is -0.457 e. The van der Waals surface area contributed by atoms with Crippen LogP contribution in [0.15, 0.2) is 40.5 Å². The number of benzene rings is 1. The normalized spacial score (nSPS) is 24.5. The second kappa shape index (κ2) is 8.61. The zero-order valence-corrected chi connectivity index (χ0v) is 17.9. The van der Waals surface area contributed by atoms with Gasteiger partial charge in [0.1, 0.15) is 23.6 Å². The summed E-state index contributed by atoms with van der Waals surface area (Å²) in [7, 11) is 0. The molecule has 1 amide bonds. The van der Waals surface area contributed by atoms with Gasteiger partial charge in [0.05, 0.1) is 10.6 Å². The van der Waals surface area contributed by atoms with Crippen molar-refractivity contribution in [2.24, 2.45) is 11.1 Å². The predicted octanol–water partition coefficient (Wildman–Crippen LogP) is 2.11. The molecule has 0 aromatic heterocycles. The van der Waals surface area contributed by atoms with Gasteiger partial charge in [-0.15, -0.1) is 11.8 Å². The van der Waals surface area contributed by atoms with Crippen LogP contribution in [0.2, 0.25) is 0 Å². The van der Waals surface area contributed by atoms with Gasteiger partial charge in [0.15, 0.2) is 12.2 Å². The maximum atomic E-state index is 12.9. The number of non-ortho nitro benzene ring substituents is 1. The fourth-order valence-electron chi connectivity index (χ4n) is 3.74. The molecule has 1 aromatic rings. The number of carbonyl (C=O) groups excluding carboxylic acids is 3. The number of oxime groups is 1. The highest BCUT2D eigenvalue weighted by Crippen LogP contribution is 2.48. The lowest BCUT2D eigenvalue weighted by molar-refractivity contribution is -0.384. The number of fused-ring (bicyclic) bond motifs is 1. The lowest BCUT2D eigenvalue weighted by Crippen LogP contribution is -2.64. The monoisotopic (exact) mass is 461 g/mol. The van der Waals surface area contributed by atoms with E-state index in [1.54, 1.807) is 12.3 Å². The van der Waals surface area contributed by atoms with Crippen LogP contribution in [0.3, 0.4) is 0 Å². The highest BCUT2D eigenvalue weighted by molar-refractivity contribution is 8.03. The Hall–Kier alpha value is -3.41. The molecule has 1 fully saturated rings. The van der Waals surface area contributed by atoms with Crippen molar-refractivity contribution < 1.29 is 33.6 Å². The number of hydrogen-bond acceptors (Lipinski definition) is 10. The van der Waals surface area contributed by atoms with Crippen LogP contribution < -0.4 is 0 Å². The zero-order chi connectivity index (χ0) is 23.0. The molecule has 3 aliphatic rings. The predicted molar refractivity (Wildman–Crippen MR) is 111 cm³/mol. The molecule has 11 nitrogen and oxygen atoms in total. The van der Waals surface area contributed by atoms with E-state index in [1.165, 1.54) is 47.9 Å². The summed E-state index contributed by atoms with van der Waals surface area (Å²) in [4.78, 5) is 53.9. The third-order valence-electron chi connectivity index (χ3n) is 5.25. The first kappa shape index (κ1) is 21.8. The number of thioether (sulfide) groups is 1. The van der Waals surface area contributed by atoms with Crippen molar-refractivity contribution in [1.82, 2.24) is 4.90 Å². The van der Waals surface area contributed by atoms with E-state index in [4.69, 9.17) is 14.3 Å². The largest absolute Gasteiger partial charge is 0.457 e. The van der Waals surface area contributed by atoms with E-state index in [1.807, 2.05) is 0 Å². The Morgan fingerprint density at radius 3 is 2.69 bits per heavy atom. The van der Waals surface area contributed by atoms with Gasteiger partial charge >= 0.3 is 11.9 Å². The number of esters is 2. The minimum absolute atomic E-state index is 0.0655. The van der Waals surface area contributed by atoms with Gasteiger partial charge in [-0.05, 0) is 24.6 Å². The van der Waals surface area contributed by atoms with Crippen LogP contribution in [-0.2, 0) is 35.3 Å². The molecule has 0 aliphatic carbocycles. The molecule has 0 saturated carbocycles. The molecule has 4 rings (SSSR count). The maximum absolute atomic E-state index is 12.9. The van der Waals surface area contributed by atoms with Crippen LogP contribution in [0.4, 0.5) is 5.69 Å². The summed E-state index contributed by atoms with van der Waals surface area (Å²) in [5.41, 5.74) is 1.35. The number of rotatable bonds is 7. The average Bonchev–Trinajstić information content (AvgIpc) is 3.35. The SMILES string of the molecule is CC(=O)OC(C1CC(C)=NO1)C1C(=O)N2C(C(=O)OCc3ccc([N+](=O)[O-])cc3)=CS[C@H]12. The molecule has 12 heteroatoms. The summed E-state index contributed by atoms with van der Waals surface area (Å²) in [5.74, 6) is -2.26. The number of β-lactam (4-membered cyclic amide) rings is 1. The van der Waals surface area contributed by atoms with Crippen LogP contribution in [-0.4, -0.2) is 51.0 Å². The standard InChI is InChI=1S/C20H19N3O8S/c1-10-7-15(31-21-10)17(30-11(2)24)16-18(25)22-14(9-32-19(16)22)20(26)29-8-12-3-5-13(6-4-12)23(27)28/h3-6,9,15-17,19H,7-8H2,1-2H3/t15?,16?,17?,19-/m1/s1. The van der Waals surface area contributed by atoms with Crippen LogP contribution in [0.5, 0.6) is 0 Å². The summed E-state index contributed by atoms with van der Waals surface area (Å²) >= 11 is 1.27. The summed E-state index contributed by atoms with van der Waals surface area (Å²) < 4.78 is 10.7. The molecule has 0 N–H and O–H groups in total. The molecule has 1 aromatic carbocycles. The van der Waals surface area contributed by atoms with Gasteiger partial charge in [-0.3, -0.25) is 24.6 Å². The van der Waals surface area contributed by atoms with Crippen molar-refractivity contribution in [2.75, 3.05) is 0 Å². The maximum Gasteiger partial charge on any atom is 0.355 e. The highest BCUT2D eigenvalue weighted by atomic mass is 32.2. The second-order valence-corrected chi connectivity index (χ2v) is 8.50. The van der Waals surface area contributed by atoms with E-state index < -0.39 is 40.4 Å². The van der Waals surface area contributed by atoms with E-state index >= 15 is 0 Å². The molecule has 0 bridgehead atoms. The lowest BCUT2D eigenvalue weighted by Gasteiger charge is -2.46. The summed E-state index contributed by atoms with van der Waals surface area (Å²) in [5, 5.41) is 15.7. The van der Waals surface area contributed by atoms with Gasteiger partial charge in [-0.2, -0.15) is 0 Å². The first-order valence-electron chi connectivity index (χ1n) is 9.72. The Bertz CT molecular complexity index is 1040. The van der Waals surface area contributed by atoms with E-state index in [0.29, 0.717) is 12.0 Å². The molecule has 32 heavy (non-hydrogen) atoms. The fraction of sp³-hybridized carbons (Fsp3) is 0.400. The van der Waals surface area contributed by atoms with Gasteiger partial charge in [0, 0.05) is 30.9 Å². The molecule has 168 valence electrons. The second-order valence-electron chi connectivity index (χ2n) is 7.51. The Kier molecular flexibility index (Phi) is 5.87. The minimum atomic E-state index is -0.821. The molecular weight excluding hydrogens is 442 g/mol. The number of amides is 1. The molecule has 3 unspecified atom stereocenters. The molecule has 0 radical (unpaired) electrons. The summed E-state index contributed by atoms with van der Waals surface area (Å²) in [6, 6.07) is 5.62. The zero-order valence-electron chi connectivity index (χ0n) is 17.1. The average molecular weight is 461 g/mol. The topological polar surface area (TPSA) is 138 Å². The Morgan fingerprint density at radius 1 is 1.38 bits per heavy atom. The van der Waals surface area contributed by atoms with Crippen molar-refractivity contribution in [1.29, 1.82) is 0 Å². The van der Waals surface area contributed by atoms with Crippen molar-refractivity contribution in [3.8, 4) is 0 Å². The van der Waals surface area contributed by atoms with Gasteiger partial charge < -0.3 is 14.3 Å². The molecule has 3 aliphatic heterocycles. The number of nitro groups is 1. The Balaban J connectivity index is 1.38. The fourth-order valence-corrected chi connectivity index (χ4v) is 4.99. The van der Waals surface area contributed by atoms with E-state index in [2.05, 4.69) is 5.16 Å². The smallest absolute Gasteiger partial charge is 0.355 e. The van der Waals surface area contributed by atoms with Gasteiger partial charge in [0.25, 0.3) is 5.69 Å². The molecule has 1 saturated heterocycles. The molecular formula is C20H19N3O8S. The van der Waals surface area contributed by atoms with Gasteiger partial charge in [0.2, 0.25) is 5.91 Å². The van der Waals surface area contributed by atoms with Crippen molar-refractivity contribution >= 4 is 41.0 Å². The van der Waals surface area contributed by atoms with E-state index in [9.17, 15) is 24.5 Å². The van der Waals surface area contributed by atoms with Crippen LogP contribution in [0.1, 0.15) is 25.8 Å². The van der Waals surface area contributed by atoms with Gasteiger partial charge in [-0.25, -0.2) is 4.79 Å². The number of carbonyl (C=O) groups is 3. The summed E-state index contributed by atoms with van der Waals surface area (Å²) in [6.07, 6.45) is -0.941. The van der Waals surface area contributed by atoms with Gasteiger partial charge in [-0.1, -0.05) is 5.16 Å². The van der Waals surface area contributed by atoms with Crippen molar-refractivity contribution in [3.05, 3.63) is 51.0 Å². The highest BCUT2D eigenvalue weighted by Gasteiger charge is 2.60. The number of nitrogens with zero attached hydrogens (tertiary/aromatic N) is 3. The van der Waals surface area contributed by atoms with Crippen LogP contribution in [0.25, 0.3) is 0 Å². The number of hydrogen-bond donors (Lipinski definition) is 0. The van der Waals surface area contributed by atoms with Crippen LogP contribution >= 0.6 is 11.8 Å². The first-order chi connectivity index (χ1) is 15.3. The Morgan fingerprint density at radius 2 is 2.09 bits per heavy atom. The first-order valence-corrected chi connectivity index (χ1v) is 10.7. The third kappa shape index (κ3) is 4.05. The molecule has 4 atom stereocenters. The van der Waals surface area contributed by atoms with E-state index in [-0.39, 0.29) is 23.9 Å².